The van der Waals surface area contributed by atoms with E-state index >= 15 is 0 Å². The Balaban J connectivity index is 1.98. The van der Waals surface area contributed by atoms with Crippen LogP contribution in [0, 0.1) is 11.3 Å². The Morgan fingerprint density at radius 3 is 2.47 bits per heavy atom. The SMILES string of the molecule is CC1CC(C)(C)CCC1(CN)NCC1(C)CCCO1. The summed E-state index contributed by atoms with van der Waals surface area (Å²) in [5.74, 6) is 0.631. The first-order valence-electron chi connectivity index (χ1n) is 7.90. The van der Waals surface area contributed by atoms with Gasteiger partial charge in [0.15, 0.2) is 0 Å². The van der Waals surface area contributed by atoms with Gasteiger partial charge in [0, 0.05) is 25.2 Å². The molecule has 1 heterocycles. The predicted molar refractivity (Wildman–Crippen MR) is 80.2 cm³/mol. The van der Waals surface area contributed by atoms with Crippen LogP contribution in [0.3, 0.4) is 0 Å². The second-order valence-electron chi connectivity index (χ2n) is 7.89. The maximum absolute atomic E-state index is 6.14. The molecule has 0 spiro atoms. The molecule has 0 amide bonds. The molecule has 2 rings (SSSR count). The van der Waals surface area contributed by atoms with Crippen molar-refractivity contribution in [2.45, 2.75) is 70.9 Å². The molecular formula is C16H32N2O. The zero-order valence-corrected chi connectivity index (χ0v) is 13.2. The number of hydrogen-bond acceptors (Lipinski definition) is 3. The molecule has 3 heteroatoms. The second kappa shape index (κ2) is 5.34. The lowest BCUT2D eigenvalue weighted by Gasteiger charge is -2.49. The van der Waals surface area contributed by atoms with Crippen molar-refractivity contribution in [2.24, 2.45) is 17.1 Å². The van der Waals surface area contributed by atoms with Crippen LogP contribution in [-0.2, 0) is 4.74 Å². The minimum absolute atomic E-state index is 0.0227. The highest BCUT2D eigenvalue weighted by molar-refractivity contribution is 5.02. The molecule has 0 bridgehead atoms. The fourth-order valence-corrected chi connectivity index (χ4v) is 3.91. The molecule has 19 heavy (non-hydrogen) atoms. The Bertz CT molecular complexity index is 310. The van der Waals surface area contributed by atoms with E-state index in [0.29, 0.717) is 11.3 Å². The third-order valence-electron chi connectivity index (χ3n) is 5.53. The monoisotopic (exact) mass is 268 g/mol. The van der Waals surface area contributed by atoms with E-state index in [0.717, 1.165) is 19.7 Å². The molecule has 3 atom stereocenters. The lowest BCUT2D eigenvalue weighted by Crippen LogP contribution is -2.61. The average molecular weight is 268 g/mol. The van der Waals surface area contributed by atoms with Crippen molar-refractivity contribution in [3.8, 4) is 0 Å². The van der Waals surface area contributed by atoms with Crippen molar-refractivity contribution in [3.63, 3.8) is 0 Å². The van der Waals surface area contributed by atoms with E-state index in [4.69, 9.17) is 10.5 Å². The van der Waals surface area contributed by atoms with Crippen molar-refractivity contribution in [1.29, 1.82) is 0 Å². The molecule has 3 N–H and O–H groups in total. The molecule has 2 fully saturated rings. The van der Waals surface area contributed by atoms with E-state index in [1.807, 2.05) is 0 Å². The van der Waals surface area contributed by atoms with Gasteiger partial charge in [0.25, 0.3) is 0 Å². The molecule has 0 aromatic heterocycles. The summed E-state index contributed by atoms with van der Waals surface area (Å²) in [5, 5.41) is 3.80. The van der Waals surface area contributed by atoms with Crippen molar-refractivity contribution < 1.29 is 4.74 Å². The lowest BCUT2D eigenvalue weighted by molar-refractivity contribution is 0.000348. The van der Waals surface area contributed by atoms with Crippen LogP contribution in [0.1, 0.15) is 59.8 Å². The van der Waals surface area contributed by atoms with Crippen LogP contribution < -0.4 is 11.1 Å². The molecule has 1 saturated carbocycles. The van der Waals surface area contributed by atoms with E-state index in [2.05, 4.69) is 33.0 Å². The van der Waals surface area contributed by atoms with Gasteiger partial charge in [-0.25, -0.2) is 0 Å². The van der Waals surface area contributed by atoms with E-state index in [1.165, 1.54) is 32.1 Å². The van der Waals surface area contributed by atoms with Crippen LogP contribution in [0.4, 0.5) is 0 Å². The third-order valence-corrected chi connectivity index (χ3v) is 5.53. The maximum atomic E-state index is 6.14. The van der Waals surface area contributed by atoms with Gasteiger partial charge in [-0.15, -0.1) is 0 Å². The number of rotatable bonds is 4. The van der Waals surface area contributed by atoms with E-state index in [-0.39, 0.29) is 11.1 Å². The summed E-state index contributed by atoms with van der Waals surface area (Å²) in [6.45, 7) is 11.9. The Hall–Kier alpha value is -0.120. The Morgan fingerprint density at radius 2 is 1.95 bits per heavy atom. The molecule has 112 valence electrons. The van der Waals surface area contributed by atoms with E-state index in [1.54, 1.807) is 0 Å². The lowest BCUT2D eigenvalue weighted by atomic mass is 9.63. The van der Waals surface area contributed by atoms with Crippen LogP contribution in [0.25, 0.3) is 0 Å². The van der Waals surface area contributed by atoms with Crippen molar-refractivity contribution >= 4 is 0 Å². The molecule has 1 aliphatic heterocycles. The van der Waals surface area contributed by atoms with Gasteiger partial charge >= 0.3 is 0 Å². The molecule has 2 aliphatic rings. The number of nitrogens with two attached hydrogens (primary N) is 1. The normalized spacial score (nSPS) is 42.5. The molecular weight excluding hydrogens is 236 g/mol. The first-order valence-corrected chi connectivity index (χ1v) is 7.90. The van der Waals surface area contributed by atoms with Gasteiger partial charge < -0.3 is 15.8 Å². The molecule has 0 radical (unpaired) electrons. The molecule has 3 nitrogen and oxygen atoms in total. The number of hydrogen-bond donors (Lipinski definition) is 2. The van der Waals surface area contributed by atoms with Crippen LogP contribution in [0.15, 0.2) is 0 Å². The van der Waals surface area contributed by atoms with Gasteiger partial charge in [0.05, 0.1) is 5.60 Å². The van der Waals surface area contributed by atoms with Crippen molar-refractivity contribution in [2.75, 3.05) is 19.7 Å². The number of nitrogens with one attached hydrogen (secondary N) is 1. The fourth-order valence-electron chi connectivity index (χ4n) is 3.91. The van der Waals surface area contributed by atoms with E-state index < -0.39 is 0 Å². The highest BCUT2D eigenvalue weighted by Gasteiger charge is 2.44. The first-order chi connectivity index (χ1) is 8.81. The average Bonchev–Trinajstić information content (AvgIpc) is 2.76. The predicted octanol–water partition coefficient (Wildman–Crippen LogP) is 2.69. The minimum Gasteiger partial charge on any atom is -0.374 e. The van der Waals surface area contributed by atoms with Gasteiger partial charge in [0.1, 0.15) is 0 Å². The quantitative estimate of drug-likeness (QED) is 0.824. The highest BCUT2D eigenvalue weighted by atomic mass is 16.5. The summed E-state index contributed by atoms with van der Waals surface area (Å²) in [6.07, 6.45) is 6.07. The fraction of sp³-hybridized carbons (Fsp3) is 1.00. The van der Waals surface area contributed by atoms with Crippen LogP contribution in [-0.4, -0.2) is 30.8 Å². The van der Waals surface area contributed by atoms with Gasteiger partial charge in [-0.1, -0.05) is 20.8 Å². The summed E-state index contributed by atoms with van der Waals surface area (Å²) in [5.41, 5.74) is 6.75. The van der Waals surface area contributed by atoms with Gasteiger partial charge in [-0.3, -0.25) is 0 Å². The summed E-state index contributed by atoms with van der Waals surface area (Å²) in [4.78, 5) is 0. The van der Waals surface area contributed by atoms with Gasteiger partial charge in [0.2, 0.25) is 0 Å². The third kappa shape index (κ3) is 3.32. The smallest absolute Gasteiger partial charge is 0.0779 e. The largest absolute Gasteiger partial charge is 0.374 e. The van der Waals surface area contributed by atoms with Crippen LogP contribution in [0.5, 0.6) is 0 Å². The molecule has 1 saturated heterocycles. The summed E-state index contributed by atoms with van der Waals surface area (Å²) in [7, 11) is 0. The zero-order chi connectivity index (χ0) is 14.1. The Morgan fingerprint density at radius 1 is 1.21 bits per heavy atom. The summed E-state index contributed by atoms with van der Waals surface area (Å²) >= 11 is 0. The van der Waals surface area contributed by atoms with Crippen LogP contribution >= 0.6 is 0 Å². The topological polar surface area (TPSA) is 47.3 Å². The van der Waals surface area contributed by atoms with Gasteiger partial charge in [-0.2, -0.15) is 0 Å². The summed E-state index contributed by atoms with van der Waals surface area (Å²) in [6, 6.07) is 0. The second-order valence-corrected chi connectivity index (χ2v) is 7.89. The molecule has 0 aromatic carbocycles. The maximum Gasteiger partial charge on any atom is 0.0779 e. The minimum atomic E-state index is 0.0227. The van der Waals surface area contributed by atoms with Gasteiger partial charge in [-0.05, 0) is 50.4 Å². The van der Waals surface area contributed by atoms with E-state index in [9.17, 15) is 0 Å². The Kier molecular flexibility index (Phi) is 4.29. The van der Waals surface area contributed by atoms with Crippen LogP contribution in [0.2, 0.25) is 0 Å². The highest BCUT2D eigenvalue weighted by Crippen LogP contribution is 2.43. The summed E-state index contributed by atoms with van der Waals surface area (Å²) < 4.78 is 5.89. The van der Waals surface area contributed by atoms with Crippen molar-refractivity contribution in [3.05, 3.63) is 0 Å². The number of ether oxygens (including phenoxy) is 1. The standard InChI is InChI=1S/C16H32N2O/c1-13-10-14(2,3)7-8-16(13,11-17)18-12-15(4)6-5-9-19-15/h13,18H,5-12,17H2,1-4H3. The molecule has 3 unspecified atom stereocenters. The van der Waals surface area contributed by atoms with Crippen molar-refractivity contribution in [1.82, 2.24) is 5.32 Å². The molecule has 1 aliphatic carbocycles. The molecule has 0 aromatic rings. The first kappa shape index (κ1) is 15.3. The zero-order valence-electron chi connectivity index (χ0n) is 13.2. The Labute approximate surface area is 118 Å².